The molecule has 1 aromatic heterocycles. The SMILES string of the molecule is CN(Cc1nc(-c2cccc(Br)c2)no1)C(=O)Cc1ccc(Cl)cc1F. The van der Waals surface area contributed by atoms with Crippen molar-refractivity contribution < 1.29 is 13.7 Å². The second-order valence-electron chi connectivity index (χ2n) is 5.68. The molecule has 0 saturated heterocycles. The molecule has 0 saturated carbocycles. The summed E-state index contributed by atoms with van der Waals surface area (Å²) in [6.07, 6.45) is -0.0773. The summed E-state index contributed by atoms with van der Waals surface area (Å²) >= 11 is 9.11. The minimum absolute atomic E-state index is 0.0773. The number of likely N-dealkylation sites (N-methyl/N-ethyl adjacent to an activating group) is 1. The standard InChI is InChI=1S/C18H14BrClFN3O2/c1-24(17(25)8-11-5-6-14(20)9-15(11)21)10-16-22-18(23-26-16)12-3-2-4-13(19)7-12/h2-7,9H,8,10H2,1H3. The summed E-state index contributed by atoms with van der Waals surface area (Å²) in [6.45, 7) is 0.134. The van der Waals surface area contributed by atoms with Gasteiger partial charge in [-0.25, -0.2) is 4.39 Å². The van der Waals surface area contributed by atoms with Gasteiger partial charge in [0, 0.05) is 22.1 Å². The molecule has 3 aromatic rings. The van der Waals surface area contributed by atoms with Crippen LogP contribution < -0.4 is 0 Å². The smallest absolute Gasteiger partial charge is 0.246 e. The third-order valence-electron chi connectivity index (χ3n) is 3.71. The van der Waals surface area contributed by atoms with Crippen molar-refractivity contribution in [3.8, 4) is 11.4 Å². The van der Waals surface area contributed by atoms with Gasteiger partial charge in [0.05, 0.1) is 13.0 Å². The number of nitrogens with zero attached hydrogens (tertiary/aromatic N) is 3. The van der Waals surface area contributed by atoms with Gasteiger partial charge in [-0.2, -0.15) is 4.98 Å². The molecule has 0 aliphatic carbocycles. The van der Waals surface area contributed by atoms with E-state index in [1.807, 2.05) is 24.3 Å². The summed E-state index contributed by atoms with van der Waals surface area (Å²) in [4.78, 5) is 18.0. The van der Waals surface area contributed by atoms with Gasteiger partial charge in [0.15, 0.2) is 0 Å². The van der Waals surface area contributed by atoms with Crippen LogP contribution in [0.15, 0.2) is 51.5 Å². The average molecular weight is 439 g/mol. The van der Waals surface area contributed by atoms with E-state index >= 15 is 0 Å². The molecule has 0 fully saturated rings. The van der Waals surface area contributed by atoms with Crippen molar-refractivity contribution in [3.05, 3.63) is 69.2 Å². The molecule has 2 aromatic carbocycles. The molecule has 0 spiro atoms. The molecule has 3 rings (SSSR count). The quantitative estimate of drug-likeness (QED) is 0.589. The Kier molecular flexibility index (Phi) is 5.68. The van der Waals surface area contributed by atoms with E-state index in [1.165, 1.54) is 17.0 Å². The number of rotatable bonds is 5. The first-order valence-electron chi connectivity index (χ1n) is 7.69. The van der Waals surface area contributed by atoms with Crippen LogP contribution in [-0.2, 0) is 17.8 Å². The van der Waals surface area contributed by atoms with Crippen molar-refractivity contribution in [1.82, 2.24) is 15.0 Å². The molecule has 0 radical (unpaired) electrons. The Morgan fingerprint density at radius 1 is 1.31 bits per heavy atom. The third-order valence-corrected chi connectivity index (χ3v) is 4.43. The number of amides is 1. The van der Waals surface area contributed by atoms with Crippen LogP contribution in [0.2, 0.25) is 5.02 Å². The normalized spacial score (nSPS) is 10.8. The van der Waals surface area contributed by atoms with Gasteiger partial charge in [0.2, 0.25) is 17.6 Å². The van der Waals surface area contributed by atoms with Gasteiger partial charge in [-0.15, -0.1) is 0 Å². The molecular formula is C18H14BrClFN3O2. The van der Waals surface area contributed by atoms with Crippen molar-refractivity contribution >= 4 is 33.4 Å². The second-order valence-corrected chi connectivity index (χ2v) is 7.04. The maximum Gasteiger partial charge on any atom is 0.246 e. The number of aromatic nitrogens is 2. The van der Waals surface area contributed by atoms with Crippen molar-refractivity contribution in [3.63, 3.8) is 0 Å². The average Bonchev–Trinajstić information content (AvgIpc) is 3.06. The molecule has 0 unspecified atom stereocenters. The zero-order valence-corrected chi connectivity index (χ0v) is 16.1. The zero-order chi connectivity index (χ0) is 18.7. The monoisotopic (exact) mass is 437 g/mol. The highest BCUT2D eigenvalue weighted by atomic mass is 79.9. The summed E-state index contributed by atoms with van der Waals surface area (Å²) in [7, 11) is 1.60. The molecule has 0 aliphatic heterocycles. The summed E-state index contributed by atoms with van der Waals surface area (Å²) in [5.41, 5.74) is 1.08. The lowest BCUT2D eigenvalue weighted by molar-refractivity contribution is -0.130. The maximum absolute atomic E-state index is 13.8. The number of carbonyl (C=O) groups is 1. The molecule has 0 N–H and O–H groups in total. The van der Waals surface area contributed by atoms with Crippen LogP contribution in [0.4, 0.5) is 4.39 Å². The van der Waals surface area contributed by atoms with Gasteiger partial charge in [-0.1, -0.05) is 50.9 Å². The summed E-state index contributed by atoms with van der Waals surface area (Å²) in [5.74, 6) is -0.0410. The van der Waals surface area contributed by atoms with Crippen LogP contribution >= 0.6 is 27.5 Å². The van der Waals surface area contributed by atoms with Crippen LogP contribution in [-0.4, -0.2) is 28.0 Å². The second kappa shape index (κ2) is 7.97. The van der Waals surface area contributed by atoms with Crippen LogP contribution in [0, 0.1) is 5.82 Å². The lowest BCUT2D eigenvalue weighted by Crippen LogP contribution is -2.28. The first-order valence-corrected chi connectivity index (χ1v) is 8.86. The molecular weight excluding hydrogens is 425 g/mol. The largest absolute Gasteiger partial charge is 0.337 e. The molecule has 0 atom stereocenters. The Morgan fingerprint density at radius 2 is 2.12 bits per heavy atom. The Balaban J connectivity index is 1.66. The Hall–Kier alpha value is -2.25. The van der Waals surface area contributed by atoms with E-state index in [9.17, 15) is 9.18 Å². The molecule has 8 heteroatoms. The van der Waals surface area contributed by atoms with Gasteiger partial charge < -0.3 is 9.42 Å². The van der Waals surface area contributed by atoms with Crippen molar-refractivity contribution in [2.45, 2.75) is 13.0 Å². The molecule has 5 nitrogen and oxygen atoms in total. The maximum atomic E-state index is 13.8. The van der Waals surface area contributed by atoms with E-state index in [4.69, 9.17) is 16.1 Å². The molecule has 0 bridgehead atoms. The van der Waals surface area contributed by atoms with Crippen molar-refractivity contribution in [2.75, 3.05) is 7.05 Å². The molecule has 0 aliphatic rings. The third kappa shape index (κ3) is 4.47. The van der Waals surface area contributed by atoms with Gasteiger partial charge in [0.1, 0.15) is 5.82 Å². The zero-order valence-electron chi connectivity index (χ0n) is 13.7. The Labute approximate surface area is 162 Å². The van der Waals surface area contributed by atoms with E-state index < -0.39 is 5.82 Å². The predicted molar refractivity (Wildman–Crippen MR) is 99.0 cm³/mol. The number of hydrogen-bond acceptors (Lipinski definition) is 4. The number of hydrogen-bond donors (Lipinski definition) is 0. The van der Waals surface area contributed by atoms with E-state index in [1.54, 1.807) is 13.1 Å². The van der Waals surface area contributed by atoms with Gasteiger partial charge in [0.25, 0.3) is 0 Å². The van der Waals surface area contributed by atoms with Gasteiger partial charge in [-0.05, 0) is 29.8 Å². The fraction of sp³-hybridized carbons (Fsp3) is 0.167. The van der Waals surface area contributed by atoms with Crippen LogP contribution in [0.3, 0.4) is 0 Å². The van der Waals surface area contributed by atoms with Crippen molar-refractivity contribution in [1.29, 1.82) is 0 Å². The molecule has 134 valence electrons. The van der Waals surface area contributed by atoms with E-state index in [2.05, 4.69) is 26.1 Å². The van der Waals surface area contributed by atoms with Crippen LogP contribution in [0.25, 0.3) is 11.4 Å². The van der Waals surface area contributed by atoms with Crippen LogP contribution in [0.1, 0.15) is 11.5 Å². The van der Waals surface area contributed by atoms with E-state index in [0.29, 0.717) is 11.7 Å². The highest BCUT2D eigenvalue weighted by Gasteiger charge is 2.17. The minimum Gasteiger partial charge on any atom is -0.337 e. The molecule has 26 heavy (non-hydrogen) atoms. The van der Waals surface area contributed by atoms with E-state index in [0.717, 1.165) is 10.0 Å². The van der Waals surface area contributed by atoms with Crippen molar-refractivity contribution in [2.24, 2.45) is 0 Å². The lowest BCUT2D eigenvalue weighted by atomic mass is 10.1. The first-order chi connectivity index (χ1) is 12.4. The van der Waals surface area contributed by atoms with Gasteiger partial charge in [-0.3, -0.25) is 4.79 Å². The predicted octanol–water partition coefficient (Wildman–Crippen LogP) is 4.49. The fourth-order valence-electron chi connectivity index (χ4n) is 2.32. The highest BCUT2D eigenvalue weighted by Crippen LogP contribution is 2.21. The van der Waals surface area contributed by atoms with E-state index in [-0.39, 0.29) is 29.5 Å². The van der Waals surface area contributed by atoms with Crippen LogP contribution in [0.5, 0.6) is 0 Å². The number of carbonyl (C=O) groups excluding carboxylic acids is 1. The number of halogens is 3. The molecule has 1 heterocycles. The Bertz CT molecular complexity index is 948. The van der Waals surface area contributed by atoms with Gasteiger partial charge >= 0.3 is 0 Å². The summed E-state index contributed by atoms with van der Waals surface area (Å²) < 4.78 is 19.9. The summed E-state index contributed by atoms with van der Waals surface area (Å²) in [5, 5.41) is 4.22. The minimum atomic E-state index is -0.506. The Morgan fingerprint density at radius 3 is 2.85 bits per heavy atom. The lowest BCUT2D eigenvalue weighted by Gasteiger charge is -2.15. The highest BCUT2D eigenvalue weighted by molar-refractivity contribution is 9.10. The summed E-state index contributed by atoms with van der Waals surface area (Å²) in [6, 6.07) is 11.7. The number of benzene rings is 2. The topological polar surface area (TPSA) is 59.2 Å². The fourth-order valence-corrected chi connectivity index (χ4v) is 2.88. The molecule has 1 amide bonds. The first kappa shape index (κ1) is 18.5.